The molecule has 25 heavy (non-hydrogen) atoms. The average Bonchev–Trinajstić information content (AvgIpc) is 3.05. The van der Waals surface area contributed by atoms with Crippen LogP contribution in [-0.4, -0.2) is 14.6 Å². The molecule has 0 N–H and O–H groups in total. The molecule has 0 bridgehead atoms. The second kappa shape index (κ2) is 6.86. The monoisotopic (exact) mass is 413 g/mol. The van der Waals surface area contributed by atoms with E-state index in [9.17, 15) is 0 Å². The van der Waals surface area contributed by atoms with E-state index < -0.39 is 0 Å². The molecule has 2 heterocycles. The van der Waals surface area contributed by atoms with Gasteiger partial charge in [0.2, 0.25) is 0 Å². The first-order valence-corrected chi connectivity index (χ1v) is 8.85. The van der Waals surface area contributed by atoms with E-state index in [4.69, 9.17) is 16.3 Å². The molecule has 0 spiro atoms. The third-order valence-corrected chi connectivity index (χ3v) is 4.59. The van der Waals surface area contributed by atoms with Crippen LogP contribution in [0.4, 0.5) is 0 Å². The van der Waals surface area contributed by atoms with Crippen molar-refractivity contribution in [3.8, 4) is 17.1 Å². The van der Waals surface area contributed by atoms with E-state index in [2.05, 4.69) is 26.1 Å². The average molecular weight is 415 g/mol. The van der Waals surface area contributed by atoms with Gasteiger partial charge in [0.15, 0.2) is 11.5 Å². The minimum atomic E-state index is 0.494. The highest BCUT2D eigenvalue weighted by atomic mass is 79.9. The molecule has 2 aromatic heterocycles. The van der Waals surface area contributed by atoms with Crippen molar-refractivity contribution in [3.05, 3.63) is 81.9 Å². The summed E-state index contributed by atoms with van der Waals surface area (Å²) in [7, 11) is 0. The van der Waals surface area contributed by atoms with Crippen LogP contribution in [0.1, 0.15) is 5.56 Å². The van der Waals surface area contributed by atoms with Crippen molar-refractivity contribution in [1.29, 1.82) is 0 Å². The van der Waals surface area contributed by atoms with Crippen LogP contribution in [0.5, 0.6) is 5.75 Å². The normalized spacial score (nSPS) is 11.0. The van der Waals surface area contributed by atoms with Crippen molar-refractivity contribution in [3.63, 3.8) is 0 Å². The summed E-state index contributed by atoms with van der Waals surface area (Å²) in [5.74, 6) is 1.40. The predicted molar refractivity (Wildman–Crippen MR) is 102 cm³/mol. The fourth-order valence-corrected chi connectivity index (χ4v) is 3.09. The number of ether oxygens (including phenoxy) is 1. The minimum absolute atomic E-state index is 0.494. The first kappa shape index (κ1) is 16.1. The van der Waals surface area contributed by atoms with Crippen LogP contribution >= 0.6 is 27.5 Å². The summed E-state index contributed by atoms with van der Waals surface area (Å²) in [6.45, 7) is 0.494. The highest BCUT2D eigenvalue weighted by Gasteiger charge is 2.13. The van der Waals surface area contributed by atoms with Gasteiger partial charge < -0.3 is 4.74 Å². The number of halogens is 2. The van der Waals surface area contributed by atoms with Gasteiger partial charge in [-0.3, -0.25) is 4.40 Å². The van der Waals surface area contributed by atoms with Crippen LogP contribution in [0.15, 0.2) is 71.3 Å². The topological polar surface area (TPSA) is 39.4 Å². The van der Waals surface area contributed by atoms with Gasteiger partial charge in [-0.15, -0.1) is 10.2 Å². The first-order chi connectivity index (χ1) is 12.2. The molecule has 0 saturated carbocycles. The molecular formula is C19H13BrClN3O. The third-order valence-electron chi connectivity index (χ3n) is 3.79. The second-order valence-electron chi connectivity index (χ2n) is 5.52. The number of fused-ring (bicyclic) bond motifs is 1. The van der Waals surface area contributed by atoms with Crippen LogP contribution in [0.2, 0.25) is 5.02 Å². The van der Waals surface area contributed by atoms with Crippen LogP contribution in [0.3, 0.4) is 0 Å². The first-order valence-electron chi connectivity index (χ1n) is 7.68. The summed E-state index contributed by atoms with van der Waals surface area (Å²) < 4.78 is 8.73. The number of aromatic nitrogens is 3. The summed E-state index contributed by atoms with van der Waals surface area (Å²) in [5, 5.41) is 9.07. The summed E-state index contributed by atoms with van der Waals surface area (Å²) in [6.07, 6.45) is 1.92. The van der Waals surface area contributed by atoms with Crippen molar-refractivity contribution < 1.29 is 4.74 Å². The number of hydrogen-bond donors (Lipinski definition) is 0. The van der Waals surface area contributed by atoms with Gasteiger partial charge in [-0.1, -0.05) is 41.9 Å². The van der Waals surface area contributed by atoms with Crippen molar-refractivity contribution in [2.75, 3.05) is 0 Å². The lowest BCUT2D eigenvalue weighted by molar-refractivity contribution is 0.306. The number of rotatable bonds is 4. The molecule has 4 nitrogen and oxygen atoms in total. The van der Waals surface area contributed by atoms with Gasteiger partial charge in [0, 0.05) is 16.2 Å². The van der Waals surface area contributed by atoms with Crippen LogP contribution in [-0.2, 0) is 6.61 Å². The van der Waals surface area contributed by atoms with E-state index in [0.29, 0.717) is 17.5 Å². The quantitative estimate of drug-likeness (QED) is 0.449. The van der Waals surface area contributed by atoms with Gasteiger partial charge in [-0.05, 0) is 51.8 Å². The summed E-state index contributed by atoms with van der Waals surface area (Å²) >= 11 is 9.87. The predicted octanol–water partition coefficient (Wildman–Crippen LogP) is 5.39. The molecule has 0 fully saturated rings. The van der Waals surface area contributed by atoms with Gasteiger partial charge in [0.25, 0.3) is 0 Å². The number of pyridine rings is 1. The molecule has 0 aliphatic carbocycles. The molecule has 124 valence electrons. The van der Waals surface area contributed by atoms with E-state index in [1.807, 2.05) is 71.3 Å². The minimum Gasteiger partial charge on any atom is -0.489 e. The summed E-state index contributed by atoms with van der Waals surface area (Å²) in [5.41, 5.74) is 2.64. The number of nitrogens with zero attached hydrogens (tertiary/aromatic N) is 3. The SMILES string of the molecule is Clc1ccc(OCc2ccccc2)cc1-c1nnc2ccc(Br)cn12. The van der Waals surface area contributed by atoms with Crippen LogP contribution in [0.25, 0.3) is 17.0 Å². The lowest BCUT2D eigenvalue weighted by Gasteiger charge is -2.09. The Bertz CT molecular complexity index is 1030. The lowest BCUT2D eigenvalue weighted by atomic mass is 10.2. The molecule has 0 radical (unpaired) electrons. The van der Waals surface area contributed by atoms with Gasteiger partial charge >= 0.3 is 0 Å². The van der Waals surface area contributed by atoms with Crippen LogP contribution in [0, 0.1) is 0 Å². The maximum atomic E-state index is 6.40. The van der Waals surface area contributed by atoms with E-state index >= 15 is 0 Å². The van der Waals surface area contributed by atoms with Gasteiger partial charge in [-0.25, -0.2) is 0 Å². The number of benzene rings is 2. The molecule has 4 aromatic rings. The molecule has 0 amide bonds. The molecule has 2 aromatic carbocycles. The zero-order chi connectivity index (χ0) is 17.2. The molecule has 0 aliphatic heterocycles. The van der Waals surface area contributed by atoms with Gasteiger partial charge in [0.05, 0.1) is 5.02 Å². The van der Waals surface area contributed by atoms with Gasteiger partial charge in [-0.2, -0.15) is 0 Å². The Labute approximate surface area is 158 Å². The van der Waals surface area contributed by atoms with E-state index in [1.165, 1.54) is 0 Å². The van der Waals surface area contributed by atoms with Crippen molar-refractivity contribution in [1.82, 2.24) is 14.6 Å². The Kier molecular flexibility index (Phi) is 4.42. The lowest BCUT2D eigenvalue weighted by Crippen LogP contribution is -1.96. The zero-order valence-electron chi connectivity index (χ0n) is 13.1. The summed E-state index contributed by atoms with van der Waals surface area (Å²) in [6, 6.07) is 19.4. The Morgan fingerprint density at radius 3 is 2.68 bits per heavy atom. The Morgan fingerprint density at radius 2 is 1.84 bits per heavy atom. The fraction of sp³-hybridized carbons (Fsp3) is 0.0526. The summed E-state index contributed by atoms with van der Waals surface area (Å²) in [4.78, 5) is 0. The molecule has 6 heteroatoms. The van der Waals surface area contributed by atoms with Gasteiger partial charge in [0.1, 0.15) is 12.4 Å². The van der Waals surface area contributed by atoms with Crippen molar-refractivity contribution in [2.24, 2.45) is 0 Å². The molecule has 0 atom stereocenters. The molecule has 4 rings (SSSR count). The Hall–Kier alpha value is -2.37. The maximum Gasteiger partial charge on any atom is 0.170 e. The molecule has 0 unspecified atom stereocenters. The van der Waals surface area contributed by atoms with Crippen molar-refractivity contribution in [2.45, 2.75) is 6.61 Å². The molecule has 0 saturated heterocycles. The second-order valence-corrected chi connectivity index (χ2v) is 6.84. The Morgan fingerprint density at radius 1 is 1.00 bits per heavy atom. The highest BCUT2D eigenvalue weighted by Crippen LogP contribution is 2.31. The smallest absolute Gasteiger partial charge is 0.170 e. The molecular weight excluding hydrogens is 402 g/mol. The van der Waals surface area contributed by atoms with E-state index in [1.54, 1.807) is 0 Å². The Balaban J connectivity index is 1.68. The van der Waals surface area contributed by atoms with E-state index in [-0.39, 0.29) is 0 Å². The largest absolute Gasteiger partial charge is 0.489 e. The van der Waals surface area contributed by atoms with Crippen molar-refractivity contribution >= 4 is 33.2 Å². The van der Waals surface area contributed by atoms with E-state index in [0.717, 1.165) is 27.0 Å². The molecule has 0 aliphatic rings. The maximum absolute atomic E-state index is 6.40. The standard InChI is InChI=1S/C19H13BrClN3O/c20-14-6-9-18-22-23-19(24(18)11-14)16-10-15(7-8-17(16)21)25-12-13-4-2-1-3-5-13/h1-11H,12H2. The third kappa shape index (κ3) is 3.38. The fourth-order valence-electron chi connectivity index (χ4n) is 2.55. The zero-order valence-corrected chi connectivity index (χ0v) is 15.4. The highest BCUT2D eigenvalue weighted by molar-refractivity contribution is 9.10. The van der Waals surface area contributed by atoms with Crippen LogP contribution < -0.4 is 4.74 Å². The number of hydrogen-bond acceptors (Lipinski definition) is 3.